The molecule has 100 valence electrons. The zero-order chi connectivity index (χ0) is 13.3. The summed E-state index contributed by atoms with van der Waals surface area (Å²) in [4.78, 5) is 11.8. The molecule has 0 aromatic heterocycles. The van der Waals surface area contributed by atoms with Gasteiger partial charge in [0.15, 0.2) is 5.41 Å². The number of halogens is 3. The summed E-state index contributed by atoms with van der Waals surface area (Å²) in [6, 6.07) is 0. The van der Waals surface area contributed by atoms with E-state index in [1.165, 1.54) is 13.8 Å². The van der Waals surface area contributed by atoms with E-state index in [-0.39, 0.29) is 13.0 Å². The van der Waals surface area contributed by atoms with E-state index in [0.717, 1.165) is 0 Å². The summed E-state index contributed by atoms with van der Waals surface area (Å²) in [5.74, 6) is -1.07. The highest BCUT2D eigenvalue weighted by Crippen LogP contribution is 2.43. The summed E-state index contributed by atoms with van der Waals surface area (Å²) in [5.41, 5.74) is -3.43. The minimum Gasteiger partial charge on any atom is -0.394 e. The van der Waals surface area contributed by atoms with E-state index in [2.05, 4.69) is 10.6 Å². The Balaban J connectivity index is 2.90. The SMILES string of the molecule is CC(C)(CO)NC(=O)C1(C(F)(F)F)CCNC1. The summed E-state index contributed by atoms with van der Waals surface area (Å²) in [7, 11) is 0. The van der Waals surface area contributed by atoms with Crippen LogP contribution in [-0.4, -0.2) is 42.4 Å². The van der Waals surface area contributed by atoms with Crippen molar-refractivity contribution in [2.45, 2.75) is 32.0 Å². The molecule has 7 heteroatoms. The van der Waals surface area contributed by atoms with Crippen LogP contribution in [0.1, 0.15) is 20.3 Å². The van der Waals surface area contributed by atoms with Gasteiger partial charge in [0, 0.05) is 6.54 Å². The van der Waals surface area contributed by atoms with E-state index in [1.54, 1.807) is 0 Å². The second-order valence-corrected chi connectivity index (χ2v) is 5.00. The lowest BCUT2D eigenvalue weighted by atomic mass is 9.84. The highest BCUT2D eigenvalue weighted by atomic mass is 19.4. The number of rotatable bonds is 3. The summed E-state index contributed by atoms with van der Waals surface area (Å²) in [5, 5.41) is 13.8. The van der Waals surface area contributed by atoms with Crippen molar-refractivity contribution < 1.29 is 23.1 Å². The molecule has 1 amide bonds. The van der Waals surface area contributed by atoms with Crippen LogP contribution in [0.4, 0.5) is 13.2 Å². The number of carbonyl (C=O) groups excluding carboxylic acids is 1. The topological polar surface area (TPSA) is 61.4 Å². The van der Waals surface area contributed by atoms with Crippen LogP contribution in [0.25, 0.3) is 0 Å². The Bertz CT molecular complexity index is 296. The van der Waals surface area contributed by atoms with Gasteiger partial charge >= 0.3 is 6.18 Å². The molecule has 0 aliphatic carbocycles. The largest absolute Gasteiger partial charge is 0.404 e. The van der Waals surface area contributed by atoms with Gasteiger partial charge in [-0.2, -0.15) is 13.2 Å². The Morgan fingerprint density at radius 1 is 1.47 bits per heavy atom. The molecule has 1 unspecified atom stereocenters. The third-order valence-electron chi connectivity index (χ3n) is 2.98. The molecule has 1 fully saturated rings. The fourth-order valence-corrected chi connectivity index (χ4v) is 1.72. The molecule has 1 heterocycles. The van der Waals surface area contributed by atoms with E-state index in [9.17, 15) is 18.0 Å². The zero-order valence-corrected chi connectivity index (χ0v) is 9.82. The van der Waals surface area contributed by atoms with Gasteiger partial charge in [0.2, 0.25) is 5.91 Å². The van der Waals surface area contributed by atoms with Crippen LogP contribution in [0.2, 0.25) is 0 Å². The number of hydrogen-bond acceptors (Lipinski definition) is 3. The molecule has 0 bridgehead atoms. The highest BCUT2D eigenvalue weighted by molar-refractivity contribution is 5.84. The molecular weight excluding hydrogens is 237 g/mol. The summed E-state index contributed by atoms with van der Waals surface area (Å²) >= 11 is 0. The predicted molar refractivity (Wildman–Crippen MR) is 55.3 cm³/mol. The van der Waals surface area contributed by atoms with E-state index in [1.807, 2.05) is 0 Å². The van der Waals surface area contributed by atoms with Crippen molar-refractivity contribution in [2.75, 3.05) is 19.7 Å². The molecule has 1 atom stereocenters. The first kappa shape index (κ1) is 14.2. The van der Waals surface area contributed by atoms with Crippen LogP contribution < -0.4 is 10.6 Å². The van der Waals surface area contributed by atoms with Gasteiger partial charge < -0.3 is 15.7 Å². The highest BCUT2D eigenvalue weighted by Gasteiger charge is 2.61. The number of aliphatic hydroxyl groups is 1. The normalized spacial score (nSPS) is 26.0. The van der Waals surface area contributed by atoms with Crippen LogP contribution in [-0.2, 0) is 4.79 Å². The van der Waals surface area contributed by atoms with Crippen LogP contribution in [0.15, 0.2) is 0 Å². The molecule has 1 aliphatic heterocycles. The summed E-state index contributed by atoms with van der Waals surface area (Å²) in [6.45, 7) is 2.27. The number of nitrogens with one attached hydrogen (secondary N) is 2. The molecule has 0 aromatic rings. The predicted octanol–water partition coefficient (Wildman–Crippen LogP) is 0.415. The maximum absolute atomic E-state index is 13.0. The fraction of sp³-hybridized carbons (Fsp3) is 0.900. The van der Waals surface area contributed by atoms with Crippen LogP contribution in [0.5, 0.6) is 0 Å². The first-order chi connectivity index (χ1) is 7.65. The summed E-state index contributed by atoms with van der Waals surface area (Å²) < 4.78 is 38.9. The smallest absolute Gasteiger partial charge is 0.394 e. The molecule has 0 spiro atoms. The Kier molecular flexibility index (Phi) is 3.73. The third kappa shape index (κ3) is 2.71. The van der Waals surface area contributed by atoms with Crippen LogP contribution in [0, 0.1) is 5.41 Å². The number of carbonyl (C=O) groups is 1. The monoisotopic (exact) mass is 254 g/mol. The minimum absolute atomic E-state index is 0.159. The van der Waals surface area contributed by atoms with E-state index < -0.39 is 36.2 Å². The van der Waals surface area contributed by atoms with Crippen LogP contribution in [0.3, 0.4) is 0 Å². The first-order valence-electron chi connectivity index (χ1n) is 5.36. The van der Waals surface area contributed by atoms with Gasteiger partial charge in [-0.3, -0.25) is 4.79 Å². The van der Waals surface area contributed by atoms with Gasteiger partial charge in [-0.05, 0) is 26.8 Å². The quantitative estimate of drug-likeness (QED) is 0.684. The number of aliphatic hydroxyl groups excluding tert-OH is 1. The van der Waals surface area contributed by atoms with Crippen molar-refractivity contribution in [3.8, 4) is 0 Å². The molecule has 17 heavy (non-hydrogen) atoms. The third-order valence-corrected chi connectivity index (χ3v) is 2.98. The minimum atomic E-state index is -4.59. The van der Waals surface area contributed by atoms with E-state index >= 15 is 0 Å². The zero-order valence-electron chi connectivity index (χ0n) is 9.82. The second-order valence-electron chi connectivity index (χ2n) is 5.00. The molecule has 1 saturated heterocycles. The Morgan fingerprint density at radius 2 is 2.06 bits per heavy atom. The maximum atomic E-state index is 13.0. The van der Waals surface area contributed by atoms with Gasteiger partial charge in [-0.25, -0.2) is 0 Å². The number of hydrogen-bond donors (Lipinski definition) is 3. The average Bonchev–Trinajstić information content (AvgIpc) is 2.65. The molecule has 3 N–H and O–H groups in total. The van der Waals surface area contributed by atoms with Gasteiger partial charge in [-0.1, -0.05) is 0 Å². The standard InChI is InChI=1S/C10H17F3N2O2/c1-8(2,6-16)15-7(17)9(10(11,12)13)3-4-14-5-9/h14,16H,3-6H2,1-2H3,(H,15,17). The second kappa shape index (κ2) is 4.45. The lowest BCUT2D eigenvalue weighted by Crippen LogP contribution is -2.58. The van der Waals surface area contributed by atoms with Crippen molar-refractivity contribution in [3.63, 3.8) is 0 Å². The molecule has 0 saturated carbocycles. The molecule has 0 radical (unpaired) electrons. The average molecular weight is 254 g/mol. The Morgan fingerprint density at radius 3 is 2.41 bits per heavy atom. The van der Waals surface area contributed by atoms with Crippen LogP contribution >= 0.6 is 0 Å². The molecular formula is C10H17F3N2O2. The van der Waals surface area contributed by atoms with Gasteiger partial charge in [0.05, 0.1) is 12.1 Å². The van der Waals surface area contributed by atoms with Crippen molar-refractivity contribution >= 4 is 5.91 Å². The van der Waals surface area contributed by atoms with Crippen molar-refractivity contribution in [1.82, 2.24) is 10.6 Å². The van der Waals surface area contributed by atoms with E-state index in [0.29, 0.717) is 0 Å². The molecule has 0 aromatic carbocycles. The van der Waals surface area contributed by atoms with E-state index in [4.69, 9.17) is 5.11 Å². The Hall–Kier alpha value is -0.820. The molecule has 1 aliphatic rings. The lowest BCUT2D eigenvalue weighted by Gasteiger charge is -2.33. The fourth-order valence-electron chi connectivity index (χ4n) is 1.72. The van der Waals surface area contributed by atoms with Gasteiger partial charge in [0.1, 0.15) is 0 Å². The lowest BCUT2D eigenvalue weighted by molar-refractivity contribution is -0.216. The first-order valence-corrected chi connectivity index (χ1v) is 5.36. The number of alkyl halides is 3. The number of amides is 1. The summed E-state index contributed by atoms with van der Waals surface area (Å²) in [6.07, 6.45) is -4.87. The van der Waals surface area contributed by atoms with Gasteiger partial charge in [0.25, 0.3) is 0 Å². The molecule has 1 rings (SSSR count). The van der Waals surface area contributed by atoms with Crippen molar-refractivity contribution in [3.05, 3.63) is 0 Å². The van der Waals surface area contributed by atoms with Gasteiger partial charge in [-0.15, -0.1) is 0 Å². The molecule has 4 nitrogen and oxygen atoms in total. The van der Waals surface area contributed by atoms with Crippen molar-refractivity contribution in [1.29, 1.82) is 0 Å². The van der Waals surface area contributed by atoms with Crippen molar-refractivity contribution in [2.24, 2.45) is 5.41 Å². The Labute approximate surface area is 97.6 Å². The maximum Gasteiger partial charge on any atom is 0.404 e.